The van der Waals surface area contributed by atoms with Crippen molar-refractivity contribution in [3.8, 4) is 0 Å². The molecule has 108 valence electrons. The lowest BCUT2D eigenvalue weighted by molar-refractivity contribution is 0.565. The summed E-state index contributed by atoms with van der Waals surface area (Å²) in [6.45, 7) is 1.93. The van der Waals surface area contributed by atoms with E-state index in [2.05, 4.69) is 5.10 Å². The fourth-order valence-corrected chi connectivity index (χ4v) is 3.37. The minimum absolute atomic E-state index is 0.190. The van der Waals surface area contributed by atoms with Crippen molar-refractivity contribution in [3.63, 3.8) is 0 Å². The molecule has 1 heterocycles. The van der Waals surface area contributed by atoms with Gasteiger partial charge < -0.3 is 5.73 Å². The van der Waals surface area contributed by atoms with Gasteiger partial charge in [0.25, 0.3) is 0 Å². The van der Waals surface area contributed by atoms with Crippen molar-refractivity contribution >= 4 is 15.5 Å². The van der Waals surface area contributed by atoms with Crippen LogP contribution in [0.2, 0.25) is 0 Å². The number of nitrogen functional groups attached to an aromatic ring is 1. The fourth-order valence-electron chi connectivity index (χ4n) is 1.92. The first-order chi connectivity index (χ1) is 9.33. The van der Waals surface area contributed by atoms with Crippen LogP contribution in [0.5, 0.6) is 0 Å². The quantitative estimate of drug-likeness (QED) is 0.871. The van der Waals surface area contributed by atoms with E-state index in [1.165, 1.54) is 16.8 Å². The van der Waals surface area contributed by atoms with Crippen LogP contribution in [0.15, 0.2) is 29.2 Å². The molecular weight excluding hydrogens is 281 g/mol. The normalized spacial score (nSPS) is 11.8. The molecule has 0 aliphatic carbocycles. The molecule has 0 unspecified atom stereocenters. The van der Waals surface area contributed by atoms with E-state index in [0.717, 1.165) is 11.8 Å². The van der Waals surface area contributed by atoms with Crippen molar-refractivity contribution in [2.24, 2.45) is 7.05 Å². The number of hydrogen-bond acceptors (Lipinski definition) is 4. The van der Waals surface area contributed by atoms with Gasteiger partial charge in [-0.25, -0.2) is 12.8 Å². The van der Waals surface area contributed by atoms with Crippen molar-refractivity contribution in [2.45, 2.75) is 24.0 Å². The molecular formula is C13H16FN3O2S. The van der Waals surface area contributed by atoms with E-state index in [9.17, 15) is 12.8 Å². The van der Waals surface area contributed by atoms with Crippen molar-refractivity contribution in [3.05, 3.63) is 41.5 Å². The fraction of sp³-hybridized carbons (Fsp3) is 0.308. The zero-order chi connectivity index (χ0) is 14.9. The molecule has 0 fully saturated rings. The van der Waals surface area contributed by atoms with Crippen LogP contribution in [0.3, 0.4) is 0 Å². The van der Waals surface area contributed by atoms with Gasteiger partial charge >= 0.3 is 0 Å². The third-order valence-corrected chi connectivity index (χ3v) is 4.70. The molecule has 0 bridgehead atoms. The largest absolute Gasteiger partial charge is 0.399 e. The number of aromatic nitrogens is 2. The van der Waals surface area contributed by atoms with Crippen molar-refractivity contribution < 1.29 is 12.8 Å². The van der Waals surface area contributed by atoms with Gasteiger partial charge in [-0.3, -0.25) is 4.68 Å². The highest BCUT2D eigenvalue weighted by Gasteiger charge is 2.22. The lowest BCUT2D eigenvalue weighted by Crippen LogP contribution is -2.10. The van der Waals surface area contributed by atoms with Crippen LogP contribution in [0, 0.1) is 5.82 Å². The molecule has 0 saturated heterocycles. The summed E-state index contributed by atoms with van der Waals surface area (Å²) in [7, 11) is -2.10. The highest BCUT2D eigenvalue weighted by Crippen LogP contribution is 2.21. The first-order valence-electron chi connectivity index (χ1n) is 6.13. The summed E-state index contributed by atoms with van der Waals surface area (Å²) in [5.74, 6) is -1.12. The predicted molar refractivity (Wildman–Crippen MR) is 74.3 cm³/mol. The second-order valence-electron chi connectivity index (χ2n) is 4.55. The third-order valence-electron chi connectivity index (χ3n) is 3.02. The average Bonchev–Trinajstić information content (AvgIpc) is 2.69. The van der Waals surface area contributed by atoms with Gasteiger partial charge in [-0.1, -0.05) is 6.92 Å². The van der Waals surface area contributed by atoms with Gasteiger partial charge in [-0.05, 0) is 30.7 Å². The first-order valence-corrected chi connectivity index (χ1v) is 7.78. The van der Waals surface area contributed by atoms with Crippen molar-refractivity contribution in [1.29, 1.82) is 0 Å². The summed E-state index contributed by atoms with van der Waals surface area (Å²) < 4.78 is 39.8. The van der Waals surface area contributed by atoms with E-state index in [4.69, 9.17) is 5.73 Å². The second kappa shape index (κ2) is 5.24. The highest BCUT2D eigenvalue weighted by atomic mass is 32.2. The maximum Gasteiger partial charge on any atom is 0.186 e. The molecule has 0 saturated carbocycles. The minimum atomic E-state index is -3.77. The Bertz CT molecular complexity index is 738. The van der Waals surface area contributed by atoms with Crippen molar-refractivity contribution in [2.75, 3.05) is 5.73 Å². The molecule has 1 aromatic heterocycles. The van der Waals surface area contributed by atoms with Crippen LogP contribution in [-0.4, -0.2) is 18.2 Å². The molecule has 0 atom stereocenters. The molecule has 0 aliphatic heterocycles. The van der Waals surface area contributed by atoms with Gasteiger partial charge in [0.05, 0.1) is 17.1 Å². The number of halogens is 1. The van der Waals surface area contributed by atoms with Crippen LogP contribution < -0.4 is 5.73 Å². The Labute approximate surface area is 117 Å². The number of rotatable bonds is 4. The van der Waals surface area contributed by atoms with Gasteiger partial charge in [-0.2, -0.15) is 5.10 Å². The van der Waals surface area contributed by atoms with Gasteiger partial charge in [-0.15, -0.1) is 0 Å². The Balaban J connectivity index is 2.38. The molecule has 5 nitrogen and oxygen atoms in total. The molecule has 0 aliphatic rings. The van der Waals surface area contributed by atoms with Gasteiger partial charge in [0.1, 0.15) is 10.7 Å². The van der Waals surface area contributed by atoms with Gasteiger partial charge in [0.2, 0.25) is 0 Å². The maximum atomic E-state index is 13.7. The zero-order valence-electron chi connectivity index (χ0n) is 11.3. The first kappa shape index (κ1) is 14.5. The molecule has 0 spiro atoms. The summed E-state index contributed by atoms with van der Waals surface area (Å²) in [6.07, 6.45) is 0.712. The van der Waals surface area contributed by atoms with E-state index in [0.29, 0.717) is 12.1 Å². The number of nitrogens with zero attached hydrogens (tertiary/aromatic N) is 2. The number of benzene rings is 1. The predicted octanol–water partition coefficient (Wildman–Crippen LogP) is 1.68. The van der Waals surface area contributed by atoms with Crippen LogP contribution in [0.25, 0.3) is 0 Å². The number of sulfone groups is 1. The third kappa shape index (κ3) is 2.82. The Morgan fingerprint density at radius 3 is 2.60 bits per heavy atom. The van der Waals surface area contributed by atoms with E-state index < -0.39 is 15.7 Å². The average molecular weight is 297 g/mol. The number of anilines is 1. The number of nitrogens with two attached hydrogens (primary N) is 1. The molecule has 20 heavy (non-hydrogen) atoms. The highest BCUT2D eigenvalue weighted by molar-refractivity contribution is 7.90. The molecule has 0 amide bonds. The standard InChI is InChI=1S/C13H16FN3O2S/c1-3-10-7-11(17(2)16-10)8-20(18,19)13-5-4-9(15)6-12(13)14/h4-7H,3,8,15H2,1-2H3. The molecule has 2 N–H and O–H groups in total. The smallest absolute Gasteiger partial charge is 0.186 e. The number of hydrogen-bond donors (Lipinski definition) is 1. The Kier molecular flexibility index (Phi) is 3.80. The topological polar surface area (TPSA) is 78.0 Å². The SMILES string of the molecule is CCc1cc(CS(=O)(=O)c2ccc(N)cc2F)n(C)n1. The monoisotopic (exact) mass is 297 g/mol. The Hall–Kier alpha value is -1.89. The van der Waals surface area contributed by atoms with Gasteiger partial charge in [0, 0.05) is 12.7 Å². The van der Waals surface area contributed by atoms with Crippen LogP contribution >= 0.6 is 0 Å². The van der Waals surface area contributed by atoms with E-state index in [-0.39, 0.29) is 16.3 Å². The molecule has 2 aromatic rings. The molecule has 7 heteroatoms. The summed E-state index contributed by atoms with van der Waals surface area (Å²) in [4.78, 5) is -0.342. The van der Waals surface area contributed by atoms with Crippen molar-refractivity contribution in [1.82, 2.24) is 9.78 Å². The van der Waals surface area contributed by atoms with E-state index in [1.54, 1.807) is 13.1 Å². The maximum absolute atomic E-state index is 13.7. The summed E-state index contributed by atoms with van der Waals surface area (Å²) >= 11 is 0. The minimum Gasteiger partial charge on any atom is -0.399 e. The zero-order valence-corrected chi connectivity index (χ0v) is 12.1. The lowest BCUT2D eigenvalue weighted by Gasteiger charge is -2.06. The summed E-state index contributed by atoms with van der Waals surface area (Å²) in [6, 6.07) is 5.29. The molecule has 0 radical (unpaired) electrons. The Morgan fingerprint density at radius 1 is 1.35 bits per heavy atom. The van der Waals surface area contributed by atoms with E-state index >= 15 is 0 Å². The number of aryl methyl sites for hydroxylation is 2. The van der Waals surface area contributed by atoms with Gasteiger partial charge in [0.15, 0.2) is 9.84 Å². The van der Waals surface area contributed by atoms with Crippen LogP contribution in [0.1, 0.15) is 18.3 Å². The Morgan fingerprint density at radius 2 is 2.05 bits per heavy atom. The molecule has 1 aromatic carbocycles. The summed E-state index contributed by atoms with van der Waals surface area (Å²) in [5, 5.41) is 4.18. The summed E-state index contributed by atoms with van der Waals surface area (Å²) in [5.41, 5.74) is 6.94. The second-order valence-corrected chi connectivity index (χ2v) is 6.51. The van der Waals surface area contributed by atoms with E-state index in [1.807, 2.05) is 6.92 Å². The van der Waals surface area contributed by atoms with Crippen LogP contribution in [0.4, 0.5) is 10.1 Å². The lowest BCUT2D eigenvalue weighted by atomic mass is 10.3. The van der Waals surface area contributed by atoms with Crippen LogP contribution in [-0.2, 0) is 29.1 Å². The molecule has 2 rings (SSSR count).